The average Bonchev–Trinajstić information content (AvgIpc) is 2.53. The van der Waals surface area contributed by atoms with Crippen LogP contribution in [0.2, 0.25) is 0 Å². The van der Waals surface area contributed by atoms with E-state index in [1.54, 1.807) is 30.6 Å². The van der Waals surface area contributed by atoms with Crippen LogP contribution in [0.1, 0.15) is 22.8 Å². The van der Waals surface area contributed by atoms with E-state index in [1.807, 2.05) is 6.92 Å². The van der Waals surface area contributed by atoms with E-state index in [-0.39, 0.29) is 16.4 Å². The molecule has 0 atom stereocenters. The summed E-state index contributed by atoms with van der Waals surface area (Å²) in [5.74, 6) is -1.07. The molecule has 0 saturated heterocycles. The molecular weight excluding hydrogens is 342 g/mol. The molecule has 0 bridgehead atoms. The number of sulfone groups is 1. The van der Waals surface area contributed by atoms with Crippen molar-refractivity contribution in [2.24, 2.45) is 16.5 Å². The van der Waals surface area contributed by atoms with Gasteiger partial charge in [0.25, 0.3) is 5.91 Å². The van der Waals surface area contributed by atoms with Crippen LogP contribution in [0, 0.1) is 0 Å². The summed E-state index contributed by atoms with van der Waals surface area (Å²) >= 11 is 0. The topological polar surface area (TPSA) is 141 Å². The molecule has 2 aromatic rings. The lowest BCUT2D eigenvalue weighted by molar-refractivity contribution is 0.100. The molecule has 9 heteroatoms. The van der Waals surface area contributed by atoms with Gasteiger partial charge in [-0.15, -0.1) is 0 Å². The second-order valence-corrected chi connectivity index (χ2v) is 7.32. The number of hydrogen-bond donors (Lipinski definition) is 3. The molecule has 2 rings (SSSR count). The van der Waals surface area contributed by atoms with Crippen molar-refractivity contribution < 1.29 is 13.2 Å². The molecule has 1 amide bonds. The van der Waals surface area contributed by atoms with Crippen molar-refractivity contribution >= 4 is 33.1 Å². The number of nitrogens with one attached hydrogen (secondary N) is 1. The first-order valence-electron chi connectivity index (χ1n) is 7.40. The molecule has 0 spiro atoms. The summed E-state index contributed by atoms with van der Waals surface area (Å²) in [6, 6.07) is 6.32. The Labute approximate surface area is 145 Å². The molecule has 0 aliphatic carbocycles. The summed E-state index contributed by atoms with van der Waals surface area (Å²) in [6.45, 7) is 1.85. The lowest BCUT2D eigenvalue weighted by Crippen LogP contribution is -2.24. The number of rotatable bonds is 5. The van der Waals surface area contributed by atoms with E-state index in [4.69, 9.17) is 11.5 Å². The van der Waals surface area contributed by atoms with Crippen LogP contribution in [0.5, 0.6) is 0 Å². The number of amides is 1. The summed E-state index contributed by atoms with van der Waals surface area (Å²) in [6.07, 6.45) is 4.73. The first-order valence-corrected chi connectivity index (χ1v) is 9.29. The minimum Gasteiger partial charge on any atom is -0.370 e. The minimum atomic E-state index is -3.60. The van der Waals surface area contributed by atoms with Crippen LogP contribution in [-0.4, -0.2) is 31.5 Å². The van der Waals surface area contributed by atoms with Crippen LogP contribution >= 0.6 is 0 Å². The highest BCUT2D eigenvalue weighted by molar-refractivity contribution is 7.90. The number of aromatic nitrogens is 1. The maximum absolute atomic E-state index is 12.2. The van der Waals surface area contributed by atoms with Crippen molar-refractivity contribution in [3.8, 4) is 0 Å². The summed E-state index contributed by atoms with van der Waals surface area (Å²) in [7, 11) is -3.60. The molecule has 0 saturated carbocycles. The summed E-state index contributed by atoms with van der Waals surface area (Å²) in [5, 5.41) is 3.05. The van der Waals surface area contributed by atoms with Gasteiger partial charge in [-0.2, -0.15) is 4.99 Å². The maximum Gasteiger partial charge on any atom is 0.280 e. The van der Waals surface area contributed by atoms with Crippen LogP contribution < -0.4 is 16.8 Å². The number of nitrogens with two attached hydrogens (primary N) is 2. The molecule has 0 fully saturated rings. The number of guanidine groups is 1. The van der Waals surface area contributed by atoms with Crippen LogP contribution in [0.3, 0.4) is 0 Å². The number of nitrogens with zero attached hydrogens (tertiary/aromatic N) is 2. The van der Waals surface area contributed by atoms with Crippen molar-refractivity contribution in [2.75, 3.05) is 11.6 Å². The zero-order valence-electron chi connectivity index (χ0n) is 13.9. The number of pyridine rings is 1. The largest absolute Gasteiger partial charge is 0.370 e. The molecular formula is C16H19N5O3S. The first kappa shape index (κ1) is 18.4. The number of benzene rings is 1. The standard InChI is InChI=1S/C16H19N5O3S/c1-3-10-8-13(20-11-4-6-19-7-5-11)14(25(2,23)24)9-12(10)15(22)21-16(17)18/h4-9H,3H2,1-2H3,(H,19,20)(H4,17,18,21,22). The fraction of sp³-hybridized carbons (Fsp3) is 0.188. The van der Waals surface area contributed by atoms with Gasteiger partial charge in [0.1, 0.15) is 0 Å². The Morgan fingerprint density at radius 1 is 1.24 bits per heavy atom. The quantitative estimate of drug-likeness (QED) is 0.537. The molecule has 0 radical (unpaired) electrons. The van der Waals surface area contributed by atoms with Gasteiger partial charge in [-0.1, -0.05) is 6.92 Å². The van der Waals surface area contributed by atoms with Gasteiger partial charge in [-0.3, -0.25) is 9.78 Å². The minimum absolute atomic E-state index is 0.0179. The Kier molecular flexibility index (Phi) is 5.38. The molecule has 0 unspecified atom stereocenters. The predicted molar refractivity (Wildman–Crippen MR) is 96.6 cm³/mol. The molecule has 25 heavy (non-hydrogen) atoms. The van der Waals surface area contributed by atoms with Gasteiger partial charge in [0.15, 0.2) is 15.8 Å². The van der Waals surface area contributed by atoms with E-state index in [2.05, 4.69) is 15.3 Å². The lowest BCUT2D eigenvalue weighted by atomic mass is 10.0. The Bertz CT molecular complexity index is 920. The van der Waals surface area contributed by atoms with Crippen molar-refractivity contribution in [2.45, 2.75) is 18.2 Å². The number of aryl methyl sites for hydroxylation is 1. The zero-order chi connectivity index (χ0) is 18.6. The normalized spacial score (nSPS) is 11.0. The second-order valence-electron chi connectivity index (χ2n) is 5.33. The highest BCUT2D eigenvalue weighted by Gasteiger charge is 2.20. The second kappa shape index (κ2) is 7.31. The van der Waals surface area contributed by atoms with E-state index in [0.29, 0.717) is 23.4 Å². The van der Waals surface area contributed by atoms with Crippen molar-refractivity contribution in [1.29, 1.82) is 0 Å². The third-order valence-electron chi connectivity index (χ3n) is 3.41. The molecule has 0 aliphatic heterocycles. The summed E-state index contributed by atoms with van der Waals surface area (Å²) in [5.41, 5.74) is 12.3. The first-order chi connectivity index (χ1) is 11.7. The van der Waals surface area contributed by atoms with Gasteiger partial charge in [-0.05, 0) is 36.2 Å². The Hall–Kier alpha value is -2.94. The molecule has 1 heterocycles. The van der Waals surface area contributed by atoms with Gasteiger partial charge in [0.2, 0.25) is 0 Å². The average molecular weight is 361 g/mol. The molecule has 1 aromatic carbocycles. The fourth-order valence-electron chi connectivity index (χ4n) is 2.29. The molecule has 132 valence electrons. The van der Waals surface area contributed by atoms with Gasteiger partial charge in [-0.25, -0.2) is 8.42 Å². The molecule has 8 nitrogen and oxygen atoms in total. The number of hydrogen-bond acceptors (Lipinski definition) is 5. The Morgan fingerprint density at radius 2 is 1.88 bits per heavy atom. The van der Waals surface area contributed by atoms with Gasteiger partial charge >= 0.3 is 0 Å². The van der Waals surface area contributed by atoms with Gasteiger partial charge < -0.3 is 16.8 Å². The summed E-state index contributed by atoms with van der Waals surface area (Å²) < 4.78 is 24.4. The van der Waals surface area contributed by atoms with Crippen LogP contribution in [0.4, 0.5) is 11.4 Å². The smallest absolute Gasteiger partial charge is 0.280 e. The summed E-state index contributed by atoms with van der Waals surface area (Å²) in [4.78, 5) is 19.6. The van der Waals surface area contributed by atoms with E-state index in [9.17, 15) is 13.2 Å². The van der Waals surface area contributed by atoms with E-state index >= 15 is 0 Å². The Morgan fingerprint density at radius 3 is 2.40 bits per heavy atom. The van der Waals surface area contributed by atoms with E-state index < -0.39 is 15.7 Å². The SMILES string of the molecule is CCc1cc(Nc2ccncc2)c(S(C)(=O)=O)cc1C(=O)N=C(N)N. The molecule has 0 aliphatic rings. The number of carbonyl (C=O) groups excluding carboxylic acids is 1. The van der Waals surface area contributed by atoms with Crippen molar-refractivity contribution in [1.82, 2.24) is 4.98 Å². The predicted octanol–water partition coefficient (Wildman–Crippen LogP) is 1.20. The van der Waals surface area contributed by atoms with Crippen LogP contribution in [0.25, 0.3) is 0 Å². The maximum atomic E-state index is 12.2. The van der Waals surface area contributed by atoms with Crippen LogP contribution in [0.15, 0.2) is 46.5 Å². The van der Waals surface area contributed by atoms with Crippen LogP contribution in [-0.2, 0) is 16.3 Å². The lowest BCUT2D eigenvalue weighted by Gasteiger charge is -2.15. The molecule has 5 N–H and O–H groups in total. The monoisotopic (exact) mass is 361 g/mol. The fourth-order valence-corrected chi connectivity index (χ4v) is 3.13. The van der Waals surface area contributed by atoms with E-state index in [1.165, 1.54) is 6.07 Å². The number of carbonyl (C=O) groups is 1. The number of anilines is 2. The highest BCUT2D eigenvalue weighted by Crippen LogP contribution is 2.29. The van der Waals surface area contributed by atoms with Crippen molar-refractivity contribution in [3.63, 3.8) is 0 Å². The Balaban J connectivity index is 2.64. The highest BCUT2D eigenvalue weighted by atomic mass is 32.2. The van der Waals surface area contributed by atoms with Gasteiger partial charge in [0.05, 0.1) is 10.6 Å². The third-order valence-corrected chi connectivity index (χ3v) is 4.54. The van der Waals surface area contributed by atoms with E-state index in [0.717, 1.165) is 6.26 Å². The molecule has 1 aromatic heterocycles. The zero-order valence-corrected chi connectivity index (χ0v) is 14.7. The van der Waals surface area contributed by atoms with Gasteiger partial charge in [0, 0.05) is 29.9 Å². The van der Waals surface area contributed by atoms with Crippen molar-refractivity contribution in [3.05, 3.63) is 47.8 Å². The third kappa shape index (κ3) is 4.54. The number of aliphatic imine (C=N–C) groups is 1.